The van der Waals surface area contributed by atoms with Crippen molar-refractivity contribution in [2.45, 2.75) is 33.5 Å². The standard InChI is InChI=1S/C23H26O6/c1-16(2)13-19(21(24)25)20(22(26)28-14-17-9-5-3-6-10-17)23(27)29-15-18-11-7-4-8-12-18/h3-12,16,19-20H,13-15H2,1-2H3,(H,24,25)/t19-/m1/s1. The van der Waals surface area contributed by atoms with Gasteiger partial charge in [-0.1, -0.05) is 74.5 Å². The maximum Gasteiger partial charge on any atom is 0.321 e. The molecule has 0 aliphatic rings. The summed E-state index contributed by atoms with van der Waals surface area (Å²) in [5, 5.41) is 9.65. The summed E-state index contributed by atoms with van der Waals surface area (Å²) in [5.74, 6) is -5.77. The Morgan fingerprint density at radius 3 is 1.55 bits per heavy atom. The Labute approximate surface area is 170 Å². The van der Waals surface area contributed by atoms with Crippen LogP contribution in [0.1, 0.15) is 31.4 Å². The predicted molar refractivity (Wildman–Crippen MR) is 107 cm³/mol. The molecule has 0 radical (unpaired) electrons. The first-order chi connectivity index (χ1) is 13.9. The van der Waals surface area contributed by atoms with Crippen molar-refractivity contribution in [3.8, 4) is 0 Å². The third-order valence-corrected chi connectivity index (χ3v) is 4.40. The van der Waals surface area contributed by atoms with Crippen LogP contribution in [0.4, 0.5) is 0 Å². The van der Waals surface area contributed by atoms with Gasteiger partial charge in [0.25, 0.3) is 0 Å². The first-order valence-corrected chi connectivity index (χ1v) is 9.52. The van der Waals surface area contributed by atoms with Gasteiger partial charge in [-0.05, 0) is 23.5 Å². The second-order valence-corrected chi connectivity index (χ2v) is 7.24. The Hall–Kier alpha value is -3.15. The van der Waals surface area contributed by atoms with E-state index in [0.29, 0.717) is 0 Å². The minimum Gasteiger partial charge on any atom is -0.481 e. The number of rotatable bonds is 10. The van der Waals surface area contributed by atoms with Gasteiger partial charge in [0.2, 0.25) is 0 Å². The molecule has 2 rings (SSSR count). The van der Waals surface area contributed by atoms with Crippen molar-refractivity contribution in [2.24, 2.45) is 17.8 Å². The lowest BCUT2D eigenvalue weighted by atomic mass is 9.85. The van der Waals surface area contributed by atoms with Crippen LogP contribution in [-0.4, -0.2) is 23.0 Å². The summed E-state index contributed by atoms with van der Waals surface area (Å²) in [6.07, 6.45) is 0.154. The zero-order valence-corrected chi connectivity index (χ0v) is 16.6. The summed E-state index contributed by atoms with van der Waals surface area (Å²) in [7, 11) is 0. The number of esters is 2. The molecule has 0 aromatic heterocycles. The van der Waals surface area contributed by atoms with E-state index in [4.69, 9.17) is 9.47 Å². The number of carboxylic acids is 1. The topological polar surface area (TPSA) is 89.9 Å². The van der Waals surface area contributed by atoms with Crippen molar-refractivity contribution in [3.63, 3.8) is 0 Å². The number of hydrogen-bond acceptors (Lipinski definition) is 5. The van der Waals surface area contributed by atoms with E-state index >= 15 is 0 Å². The van der Waals surface area contributed by atoms with Crippen molar-refractivity contribution in [3.05, 3.63) is 71.8 Å². The number of carbonyl (C=O) groups is 3. The minimum absolute atomic E-state index is 0.0255. The van der Waals surface area contributed by atoms with Crippen LogP contribution in [0.2, 0.25) is 0 Å². The molecular formula is C23H26O6. The Morgan fingerprint density at radius 1 is 0.793 bits per heavy atom. The minimum atomic E-state index is -1.53. The van der Waals surface area contributed by atoms with Crippen LogP contribution in [0.25, 0.3) is 0 Å². The van der Waals surface area contributed by atoms with E-state index < -0.39 is 29.7 Å². The Balaban J connectivity index is 2.15. The molecule has 2 aromatic carbocycles. The smallest absolute Gasteiger partial charge is 0.321 e. The summed E-state index contributed by atoms with van der Waals surface area (Å²) in [6.45, 7) is 3.57. The number of carbonyl (C=O) groups excluding carboxylic acids is 2. The van der Waals surface area contributed by atoms with Gasteiger partial charge < -0.3 is 14.6 Å². The highest BCUT2D eigenvalue weighted by molar-refractivity contribution is 5.98. The maximum absolute atomic E-state index is 12.7. The second kappa shape index (κ2) is 11.0. The highest BCUT2D eigenvalue weighted by Crippen LogP contribution is 2.25. The van der Waals surface area contributed by atoms with Gasteiger partial charge in [-0.3, -0.25) is 14.4 Å². The van der Waals surface area contributed by atoms with Crippen LogP contribution >= 0.6 is 0 Å². The molecule has 0 fully saturated rings. The number of hydrogen-bond donors (Lipinski definition) is 1. The van der Waals surface area contributed by atoms with Gasteiger partial charge >= 0.3 is 17.9 Å². The molecule has 0 bridgehead atoms. The van der Waals surface area contributed by atoms with Gasteiger partial charge in [0.05, 0.1) is 5.92 Å². The van der Waals surface area contributed by atoms with Gasteiger partial charge in [0.15, 0.2) is 5.92 Å². The van der Waals surface area contributed by atoms with E-state index in [0.717, 1.165) is 11.1 Å². The summed E-state index contributed by atoms with van der Waals surface area (Å²) >= 11 is 0. The Kier molecular flexibility index (Phi) is 8.40. The van der Waals surface area contributed by atoms with E-state index in [1.165, 1.54) is 0 Å². The zero-order chi connectivity index (χ0) is 21.2. The molecule has 29 heavy (non-hydrogen) atoms. The molecule has 1 atom stereocenters. The number of benzene rings is 2. The third-order valence-electron chi connectivity index (χ3n) is 4.40. The van der Waals surface area contributed by atoms with Gasteiger partial charge in [-0.15, -0.1) is 0 Å². The van der Waals surface area contributed by atoms with E-state index in [9.17, 15) is 19.5 Å². The van der Waals surface area contributed by atoms with Gasteiger partial charge in [0, 0.05) is 0 Å². The number of ether oxygens (including phenoxy) is 2. The lowest BCUT2D eigenvalue weighted by molar-refractivity contribution is -0.172. The fourth-order valence-corrected chi connectivity index (χ4v) is 2.95. The highest BCUT2D eigenvalue weighted by atomic mass is 16.6. The van der Waals surface area contributed by atoms with Crippen LogP contribution in [0.15, 0.2) is 60.7 Å². The second-order valence-electron chi connectivity index (χ2n) is 7.24. The average Bonchev–Trinajstić information content (AvgIpc) is 2.71. The van der Waals surface area contributed by atoms with Crippen molar-refractivity contribution in [1.29, 1.82) is 0 Å². The van der Waals surface area contributed by atoms with E-state index in [1.54, 1.807) is 48.5 Å². The van der Waals surface area contributed by atoms with Crippen LogP contribution in [0.3, 0.4) is 0 Å². The molecule has 154 valence electrons. The van der Waals surface area contributed by atoms with E-state index in [1.807, 2.05) is 26.0 Å². The van der Waals surface area contributed by atoms with E-state index in [2.05, 4.69) is 0 Å². The molecule has 0 spiro atoms. The first-order valence-electron chi connectivity index (χ1n) is 9.52. The van der Waals surface area contributed by atoms with Crippen molar-refractivity contribution < 1.29 is 29.0 Å². The molecule has 6 nitrogen and oxygen atoms in total. The summed E-state index contributed by atoms with van der Waals surface area (Å²) in [6, 6.07) is 18.0. The Bertz CT molecular complexity index is 745. The predicted octanol–water partition coefficient (Wildman–Crippen LogP) is 3.84. The summed E-state index contributed by atoms with van der Waals surface area (Å²) < 4.78 is 10.5. The normalized spacial score (nSPS) is 11.9. The third kappa shape index (κ3) is 7.07. The molecule has 0 aliphatic heterocycles. The molecule has 0 saturated carbocycles. The van der Waals surface area contributed by atoms with Crippen molar-refractivity contribution >= 4 is 17.9 Å². The van der Waals surface area contributed by atoms with Gasteiger partial charge in [-0.2, -0.15) is 0 Å². The fraction of sp³-hybridized carbons (Fsp3) is 0.348. The molecular weight excluding hydrogens is 372 g/mol. The Morgan fingerprint density at radius 2 is 1.21 bits per heavy atom. The average molecular weight is 398 g/mol. The molecule has 0 heterocycles. The zero-order valence-electron chi connectivity index (χ0n) is 16.6. The molecule has 0 unspecified atom stereocenters. The summed E-state index contributed by atoms with van der Waals surface area (Å²) in [4.78, 5) is 37.2. The largest absolute Gasteiger partial charge is 0.481 e. The first kappa shape index (κ1) is 22.1. The number of aliphatic carboxylic acids is 1. The lowest BCUT2D eigenvalue weighted by Gasteiger charge is -2.22. The maximum atomic E-state index is 12.7. The van der Waals surface area contributed by atoms with Crippen molar-refractivity contribution in [1.82, 2.24) is 0 Å². The van der Waals surface area contributed by atoms with Crippen LogP contribution < -0.4 is 0 Å². The monoisotopic (exact) mass is 398 g/mol. The molecule has 2 aromatic rings. The van der Waals surface area contributed by atoms with Crippen LogP contribution in [0.5, 0.6) is 0 Å². The van der Waals surface area contributed by atoms with Crippen LogP contribution in [0, 0.1) is 17.8 Å². The van der Waals surface area contributed by atoms with Crippen molar-refractivity contribution in [2.75, 3.05) is 0 Å². The molecule has 1 N–H and O–H groups in total. The van der Waals surface area contributed by atoms with Gasteiger partial charge in [0.1, 0.15) is 13.2 Å². The molecule has 6 heteroatoms. The lowest BCUT2D eigenvalue weighted by Crippen LogP contribution is -2.39. The highest BCUT2D eigenvalue weighted by Gasteiger charge is 2.42. The quantitative estimate of drug-likeness (QED) is 0.483. The van der Waals surface area contributed by atoms with Gasteiger partial charge in [-0.25, -0.2) is 0 Å². The van der Waals surface area contributed by atoms with E-state index in [-0.39, 0.29) is 25.6 Å². The SMILES string of the molecule is CC(C)C[C@@H](C(=O)O)C(C(=O)OCc1ccccc1)C(=O)OCc1ccccc1. The molecule has 0 saturated heterocycles. The number of carboxylic acid groups (broad SMARTS) is 1. The van der Waals surface area contributed by atoms with Crippen LogP contribution in [-0.2, 0) is 37.1 Å². The molecule has 0 aliphatic carbocycles. The summed E-state index contributed by atoms with van der Waals surface area (Å²) in [5.41, 5.74) is 1.49. The fourth-order valence-electron chi connectivity index (χ4n) is 2.95. The molecule has 0 amide bonds.